The lowest BCUT2D eigenvalue weighted by Crippen LogP contribution is -2.30. The molecule has 0 fully saturated rings. The van der Waals surface area contributed by atoms with Crippen molar-refractivity contribution in [2.75, 3.05) is 13.6 Å². The highest BCUT2D eigenvalue weighted by molar-refractivity contribution is 7.38. The van der Waals surface area contributed by atoms with Gasteiger partial charge in [-0.1, -0.05) is 55.7 Å². The number of carbonyl (C=O) groups excluding carboxylic acids is 1. The molecule has 36 heavy (non-hydrogen) atoms. The number of alkyl halides is 1. The number of aldehydes is 1. The van der Waals surface area contributed by atoms with Crippen LogP contribution in [0.1, 0.15) is 35.1 Å². The molecule has 4 rings (SSSR count). The van der Waals surface area contributed by atoms with E-state index in [-0.39, 0.29) is 22.9 Å². The van der Waals surface area contributed by atoms with Crippen molar-refractivity contribution < 1.29 is 18.1 Å². The molecule has 0 bridgehead atoms. The second kappa shape index (κ2) is 12.0. The maximum Gasteiger partial charge on any atom is 0.272 e. The van der Waals surface area contributed by atoms with Gasteiger partial charge in [0.2, 0.25) is 11.0 Å². The smallest absolute Gasteiger partial charge is 0.272 e. The Morgan fingerprint density at radius 2 is 1.89 bits per heavy atom. The van der Waals surface area contributed by atoms with Crippen molar-refractivity contribution in [1.29, 1.82) is 0 Å². The average molecular weight is 566 g/mol. The SMILES string of the molecule is CNCC(C)(C)c1nc(-c2cc(F)cc(P)c2)cs1.O=Cc1cccc(-c2noc(C(F)(P)P)n2)c1. The first kappa shape index (κ1) is 28.6. The van der Waals surface area contributed by atoms with Gasteiger partial charge in [-0.2, -0.15) is 4.98 Å². The van der Waals surface area contributed by atoms with E-state index in [0.29, 0.717) is 11.1 Å². The van der Waals surface area contributed by atoms with Gasteiger partial charge in [-0.25, -0.2) is 13.8 Å². The number of rotatable bonds is 7. The number of hydrogen-bond donors (Lipinski definition) is 1. The summed E-state index contributed by atoms with van der Waals surface area (Å²) in [6.45, 7) is 5.16. The zero-order valence-corrected chi connectivity index (χ0v) is 24.2. The predicted octanol–water partition coefficient (Wildman–Crippen LogP) is 5.33. The molecule has 2 heterocycles. The Hall–Kier alpha value is -2.01. The van der Waals surface area contributed by atoms with E-state index in [1.165, 1.54) is 12.1 Å². The largest absolute Gasteiger partial charge is 0.335 e. The second-order valence-corrected chi connectivity index (χ2v) is 12.5. The maximum atomic E-state index is 13.5. The molecule has 3 atom stereocenters. The van der Waals surface area contributed by atoms with Gasteiger partial charge in [0.15, 0.2) is 0 Å². The first-order valence-corrected chi connectivity index (χ1v) is 13.4. The third-order valence-corrected chi connectivity index (χ3v) is 6.99. The second-order valence-electron chi connectivity index (χ2n) is 8.66. The number of likely N-dealkylation sites (N-methyl/N-ethyl adjacent to an activating group) is 1. The van der Waals surface area contributed by atoms with Crippen LogP contribution in [0.15, 0.2) is 52.4 Å². The lowest BCUT2D eigenvalue weighted by Gasteiger charge is -2.21. The van der Waals surface area contributed by atoms with Crippen molar-refractivity contribution in [1.82, 2.24) is 20.4 Å². The molecule has 12 heteroatoms. The highest BCUT2D eigenvalue weighted by Gasteiger charge is 2.27. The van der Waals surface area contributed by atoms with Crippen molar-refractivity contribution in [2.24, 2.45) is 0 Å². The molecule has 1 N–H and O–H groups in total. The van der Waals surface area contributed by atoms with Crippen LogP contribution in [0, 0.1) is 5.82 Å². The van der Waals surface area contributed by atoms with E-state index < -0.39 is 5.15 Å². The van der Waals surface area contributed by atoms with Gasteiger partial charge in [-0.3, -0.25) is 4.79 Å². The Bertz CT molecular complexity index is 1320. The Balaban J connectivity index is 0.000000202. The Morgan fingerprint density at radius 3 is 2.50 bits per heavy atom. The number of nitrogens with one attached hydrogen (secondary N) is 1. The van der Waals surface area contributed by atoms with Gasteiger partial charge in [0.25, 0.3) is 5.89 Å². The highest BCUT2D eigenvalue weighted by Crippen LogP contribution is 2.39. The molecule has 0 saturated carbocycles. The summed E-state index contributed by atoms with van der Waals surface area (Å²) in [7, 11) is 8.34. The number of nitrogens with zero attached hydrogens (tertiary/aromatic N) is 3. The molecule has 2 aromatic heterocycles. The lowest BCUT2D eigenvalue weighted by molar-refractivity contribution is 0.112. The van der Waals surface area contributed by atoms with E-state index in [2.05, 4.69) is 43.5 Å². The lowest BCUT2D eigenvalue weighted by atomic mass is 9.94. The summed E-state index contributed by atoms with van der Waals surface area (Å²) in [5, 5.41) is 8.88. The zero-order valence-electron chi connectivity index (χ0n) is 20.0. The molecule has 0 saturated heterocycles. The van der Waals surface area contributed by atoms with Crippen LogP contribution >= 0.6 is 39.1 Å². The summed E-state index contributed by atoms with van der Waals surface area (Å²) >= 11 is 1.62. The number of thiazole rings is 1. The Kier molecular flexibility index (Phi) is 9.54. The number of halogens is 2. The van der Waals surface area contributed by atoms with Crippen molar-refractivity contribution in [3.8, 4) is 22.6 Å². The first-order valence-electron chi connectivity index (χ1n) is 10.8. The van der Waals surface area contributed by atoms with E-state index in [1.807, 2.05) is 37.0 Å². The monoisotopic (exact) mass is 566 g/mol. The standard InChI is InChI=1S/C14H18FN2PS.C10H9FN2O2P2/c1-14(2,8-16-3)13-17-12(7-19-13)9-4-10(15)6-11(18)5-9;11-10(16,17)9-12-8(13-15-9)7-3-1-2-6(4-7)5-14/h4-7,16H,8,18H2,1-3H3;1-5H,16-17H2. The molecule has 4 aromatic rings. The Labute approximate surface area is 219 Å². The molecule has 0 amide bonds. The van der Waals surface area contributed by atoms with Crippen LogP contribution in [0.25, 0.3) is 22.6 Å². The summed E-state index contributed by atoms with van der Waals surface area (Å²) in [4.78, 5) is 19.2. The van der Waals surface area contributed by atoms with Crippen LogP contribution in [0.3, 0.4) is 0 Å². The van der Waals surface area contributed by atoms with Crippen molar-refractivity contribution in [2.45, 2.75) is 24.4 Å². The number of carbonyl (C=O) groups is 1. The van der Waals surface area contributed by atoms with E-state index in [0.717, 1.165) is 34.4 Å². The first-order chi connectivity index (χ1) is 16.9. The van der Waals surface area contributed by atoms with Gasteiger partial charge < -0.3 is 9.84 Å². The minimum atomic E-state index is -1.84. The van der Waals surface area contributed by atoms with Crippen LogP contribution in [-0.4, -0.2) is 35.0 Å². The van der Waals surface area contributed by atoms with Crippen LogP contribution < -0.4 is 10.6 Å². The Morgan fingerprint density at radius 1 is 1.14 bits per heavy atom. The molecular formula is C24H27F2N4O2P3S. The highest BCUT2D eigenvalue weighted by atomic mass is 32.1. The minimum Gasteiger partial charge on any atom is -0.335 e. The van der Waals surface area contributed by atoms with E-state index in [1.54, 1.807) is 35.6 Å². The quantitative estimate of drug-likeness (QED) is 0.241. The minimum absolute atomic E-state index is 0.0191. The summed E-state index contributed by atoms with van der Waals surface area (Å²) in [6.07, 6.45) is 0.718. The van der Waals surface area contributed by atoms with E-state index in [9.17, 15) is 13.6 Å². The number of hydrogen-bond acceptors (Lipinski definition) is 7. The van der Waals surface area contributed by atoms with Gasteiger partial charge in [-0.05, 0) is 36.6 Å². The molecule has 6 nitrogen and oxygen atoms in total. The van der Waals surface area contributed by atoms with E-state index in [4.69, 9.17) is 4.52 Å². The molecule has 2 aromatic carbocycles. The number of benzene rings is 2. The van der Waals surface area contributed by atoms with Crippen LogP contribution in [0.2, 0.25) is 0 Å². The summed E-state index contributed by atoms with van der Waals surface area (Å²) < 4.78 is 31.7. The topological polar surface area (TPSA) is 80.9 Å². The van der Waals surface area contributed by atoms with Gasteiger partial charge in [0.1, 0.15) is 17.1 Å². The molecule has 0 spiro atoms. The molecule has 0 aliphatic carbocycles. The fourth-order valence-corrected chi connectivity index (χ4v) is 4.77. The van der Waals surface area contributed by atoms with Gasteiger partial charge in [-0.15, -0.1) is 20.6 Å². The van der Waals surface area contributed by atoms with Crippen LogP contribution in [0.5, 0.6) is 0 Å². The van der Waals surface area contributed by atoms with Crippen LogP contribution in [0.4, 0.5) is 8.78 Å². The summed E-state index contributed by atoms with van der Waals surface area (Å²) in [5.41, 5.74) is 2.75. The van der Waals surface area contributed by atoms with Crippen molar-refractivity contribution in [3.05, 3.63) is 70.1 Å². The summed E-state index contributed by atoms with van der Waals surface area (Å²) in [6, 6.07) is 11.6. The molecule has 190 valence electrons. The normalized spacial score (nSPS) is 11.7. The van der Waals surface area contributed by atoms with E-state index >= 15 is 0 Å². The molecule has 0 aliphatic heterocycles. The number of aromatic nitrogens is 3. The zero-order chi connectivity index (χ0) is 26.5. The maximum absolute atomic E-state index is 13.5. The van der Waals surface area contributed by atoms with Crippen molar-refractivity contribution >= 4 is 50.6 Å². The fourth-order valence-electron chi connectivity index (χ4n) is 3.24. The fraction of sp³-hybridized carbons (Fsp3) is 0.250. The van der Waals surface area contributed by atoms with Gasteiger partial charge in [0.05, 0.1) is 5.69 Å². The average Bonchev–Trinajstić information content (AvgIpc) is 3.50. The van der Waals surface area contributed by atoms with Gasteiger partial charge in [0, 0.05) is 34.0 Å². The molecule has 3 unspecified atom stereocenters. The third-order valence-electron chi connectivity index (χ3n) is 4.95. The van der Waals surface area contributed by atoms with Crippen molar-refractivity contribution in [3.63, 3.8) is 0 Å². The molecule has 0 radical (unpaired) electrons. The van der Waals surface area contributed by atoms with Gasteiger partial charge >= 0.3 is 0 Å². The summed E-state index contributed by atoms with van der Waals surface area (Å²) in [5.74, 6) is -0.138. The van der Waals surface area contributed by atoms with Crippen LogP contribution in [-0.2, 0) is 10.6 Å². The predicted molar refractivity (Wildman–Crippen MR) is 151 cm³/mol. The molecule has 0 aliphatic rings. The third kappa shape index (κ3) is 7.50. The molecular weight excluding hydrogens is 539 g/mol.